The third-order valence-corrected chi connectivity index (χ3v) is 4.26. The molecular formula is C9H13IN2S. The highest BCUT2D eigenvalue weighted by atomic mass is 127. The van der Waals surface area contributed by atoms with Crippen molar-refractivity contribution in [2.45, 2.75) is 32.4 Å². The van der Waals surface area contributed by atoms with Gasteiger partial charge in [-0.1, -0.05) is 0 Å². The highest BCUT2D eigenvalue weighted by Crippen LogP contribution is 2.22. The first kappa shape index (κ1) is 9.86. The Morgan fingerprint density at radius 2 is 2.62 bits per heavy atom. The molecule has 0 radical (unpaired) electrons. The summed E-state index contributed by atoms with van der Waals surface area (Å²) in [7, 11) is 0. The van der Waals surface area contributed by atoms with Crippen molar-refractivity contribution in [2.75, 3.05) is 6.54 Å². The summed E-state index contributed by atoms with van der Waals surface area (Å²) in [5, 5.41) is 1.26. The molecule has 0 aromatic carbocycles. The standard InChI is InChI=1S/C9H13IN2S/c1-7-3-2-4-12(7)6-9-11-5-8(10)13-9/h5,7H,2-4,6H2,1H3. The molecule has 1 aromatic heterocycles. The van der Waals surface area contributed by atoms with Crippen LogP contribution in [0.1, 0.15) is 24.8 Å². The van der Waals surface area contributed by atoms with Crippen LogP contribution in [0.15, 0.2) is 6.20 Å². The van der Waals surface area contributed by atoms with E-state index in [-0.39, 0.29) is 0 Å². The van der Waals surface area contributed by atoms with Crippen molar-refractivity contribution in [3.8, 4) is 0 Å². The predicted molar refractivity (Wildman–Crippen MR) is 63.9 cm³/mol. The SMILES string of the molecule is CC1CCCN1Cc1ncc(I)s1. The first-order chi connectivity index (χ1) is 6.25. The lowest BCUT2D eigenvalue weighted by atomic mass is 10.2. The van der Waals surface area contributed by atoms with Gasteiger partial charge >= 0.3 is 0 Å². The summed E-state index contributed by atoms with van der Waals surface area (Å²) < 4.78 is 1.29. The van der Waals surface area contributed by atoms with Gasteiger partial charge in [0.25, 0.3) is 0 Å². The van der Waals surface area contributed by atoms with Crippen LogP contribution >= 0.6 is 33.9 Å². The van der Waals surface area contributed by atoms with E-state index in [0.717, 1.165) is 12.6 Å². The normalized spacial score (nSPS) is 24.0. The second kappa shape index (κ2) is 4.23. The molecule has 13 heavy (non-hydrogen) atoms. The molecule has 1 saturated heterocycles. The summed E-state index contributed by atoms with van der Waals surface area (Å²) in [6.07, 6.45) is 4.66. The summed E-state index contributed by atoms with van der Waals surface area (Å²) in [5.74, 6) is 0. The molecule has 72 valence electrons. The zero-order valence-electron chi connectivity index (χ0n) is 7.66. The van der Waals surface area contributed by atoms with Gasteiger partial charge in [-0.3, -0.25) is 4.90 Å². The Kier molecular flexibility index (Phi) is 3.21. The van der Waals surface area contributed by atoms with Crippen molar-refractivity contribution >= 4 is 33.9 Å². The Balaban J connectivity index is 1.97. The lowest BCUT2D eigenvalue weighted by Crippen LogP contribution is -2.25. The van der Waals surface area contributed by atoms with E-state index in [0.29, 0.717) is 0 Å². The minimum atomic E-state index is 0.751. The maximum atomic E-state index is 4.38. The second-order valence-corrected chi connectivity index (χ2v) is 6.53. The molecule has 2 heterocycles. The number of likely N-dealkylation sites (tertiary alicyclic amines) is 1. The Morgan fingerprint density at radius 3 is 3.15 bits per heavy atom. The fourth-order valence-electron chi connectivity index (χ4n) is 1.76. The number of halogens is 1. The van der Waals surface area contributed by atoms with Gasteiger partial charge in [-0.05, 0) is 48.9 Å². The monoisotopic (exact) mass is 308 g/mol. The highest BCUT2D eigenvalue weighted by molar-refractivity contribution is 14.1. The van der Waals surface area contributed by atoms with Crippen LogP contribution in [0.3, 0.4) is 0 Å². The quantitative estimate of drug-likeness (QED) is 0.781. The molecule has 0 aliphatic carbocycles. The molecule has 0 bridgehead atoms. The molecule has 1 aromatic rings. The maximum absolute atomic E-state index is 4.38. The number of hydrogen-bond acceptors (Lipinski definition) is 3. The van der Waals surface area contributed by atoms with E-state index < -0.39 is 0 Å². The van der Waals surface area contributed by atoms with E-state index in [1.807, 2.05) is 17.5 Å². The number of thiazole rings is 1. The summed E-state index contributed by atoms with van der Waals surface area (Å²) in [4.78, 5) is 6.91. The lowest BCUT2D eigenvalue weighted by Gasteiger charge is -2.18. The van der Waals surface area contributed by atoms with Crippen LogP contribution in [0, 0.1) is 2.88 Å². The van der Waals surface area contributed by atoms with Crippen molar-refractivity contribution in [1.82, 2.24) is 9.88 Å². The third kappa shape index (κ3) is 2.41. The predicted octanol–water partition coefficient (Wildman–Crippen LogP) is 2.73. The van der Waals surface area contributed by atoms with Gasteiger partial charge < -0.3 is 0 Å². The van der Waals surface area contributed by atoms with Gasteiger partial charge in [0.15, 0.2) is 0 Å². The molecule has 1 unspecified atom stereocenters. The van der Waals surface area contributed by atoms with Crippen molar-refractivity contribution in [2.24, 2.45) is 0 Å². The summed E-state index contributed by atoms with van der Waals surface area (Å²) >= 11 is 4.14. The molecule has 1 aliphatic rings. The van der Waals surface area contributed by atoms with E-state index in [9.17, 15) is 0 Å². The molecule has 1 atom stereocenters. The zero-order valence-corrected chi connectivity index (χ0v) is 10.6. The molecule has 0 saturated carbocycles. The first-order valence-electron chi connectivity index (χ1n) is 4.60. The Morgan fingerprint density at radius 1 is 1.77 bits per heavy atom. The van der Waals surface area contributed by atoms with Crippen molar-refractivity contribution in [1.29, 1.82) is 0 Å². The van der Waals surface area contributed by atoms with E-state index in [2.05, 4.69) is 39.4 Å². The molecule has 0 amide bonds. The van der Waals surface area contributed by atoms with Crippen molar-refractivity contribution in [3.63, 3.8) is 0 Å². The smallest absolute Gasteiger partial charge is 0.108 e. The van der Waals surface area contributed by atoms with Crippen LogP contribution in [0.25, 0.3) is 0 Å². The fraction of sp³-hybridized carbons (Fsp3) is 0.667. The van der Waals surface area contributed by atoms with Gasteiger partial charge in [0.05, 0.1) is 15.6 Å². The van der Waals surface area contributed by atoms with Crippen LogP contribution in [-0.2, 0) is 6.54 Å². The van der Waals surface area contributed by atoms with Gasteiger partial charge in [-0.25, -0.2) is 4.98 Å². The summed E-state index contributed by atoms with van der Waals surface area (Å²) in [6, 6.07) is 0.751. The van der Waals surface area contributed by atoms with E-state index in [1.165, 1.54) is 27.3 Å². The molecule has 2 rings (SSSR count). The van der Waals surface area contributed by atoms with Crippen molar-refractivity contribution in [3.05, 3.63) is 14.1 Å². The van der Waals surface area contributed by atoms with Crippen LogP contribution < -0.4 is 0 Å². The topological polar surface area (TPSA) is 16.1 Å². The summed E-state index contributed by atoms with van der Waals surface area (Å²) in [6.45, 7) is 4.61. The van der Waals surface area contributed by atoms with Gasteiger partial charge in [0.2, 0.25) is 0 Å². The number of nitrogens with zero attached hydrogens (tertiary/aromatic N) is 2. The minimum Gasteiger partial charge on any atom is -0.294 e. The number of rotatable bonds is 2. The molecule has 0 spiro atoms. The first-order valence-corrected chi connectivity index (χ1v) is 6.49. The van der Waals surface area contributed by atoms with Crippen LogP contribution in [-0.4, -0.2) is 22.5 Å². The van der Waals surface area contributed by atoms with E-state index in [1.54, 1.807) is 0 Å². The van der Waals surface area contributed by atoms with Gasteiger partial charge in [0, 0.05) is 6.04 Å². The Hall–Kier alpha value is 0.320. The second-order valence-electron chi connectivity index (χ2n) is 3.52. The highest BCUT2D eigenvalue weighted by Gasteiger charge is 2.20. The largest absolute Gasteiger partial charge is 0.294 e. The Labute approximate surface area is 96.5 Å². The molecule has 2 nitrogen and oxygen atoms in total. The number of hydrogen-bond donors (Lipinski definition) is 0. The molecule has 4 heteroatoms. The Bertz CT molecular complexity index is 287. The minimum absolute atomic E-state index is 0.751. The third-order valence-electron chi connectivity index (χ3n) is 2.55. The van der Waals surface area contributed by atoms with Gasteiger partial charge in [-0.15, -0.1) is 11.3 Å². The van der Waals surface area contributed by atoms with Gasteiger partial charge in [0.1, 0.15) is 5.01 Å². The average Bonchev–Trinajstić information content (AvgIpc) is 2.64. The van der Waals surface area contributed by atoms with E-state index in [4.69, 9.17) is 0 Å². The van der Waals surface area contributed by atoms with Crippen LogP contribution in [0.5, 0.6) is 0 Å². The molecule has 1 fully saturated rings. The average molecular weight is 308 g/mol. The summed E-state index contributed by atoms with van der Waals surface area (Å²) in [5.41, 5.74) is 0. The molecule has 1 aliphatic heterocycles. The fourth-order valence-corrected chi connectivity index (χ4v) is 3.33. The van der Waals surface area contributed by atoms with Gasteiger partial charge in [-0.2, -0.15) is 0 Å². The van der Waals surface area contributed by atoms with Crippen LogP contribution in [0.2, 0.25) is 0 Å². The van der Waals surface area contributed by atoms with E-state index >= 15 is 0 Å². The maximum Gasteiger partial charge on any atom is 0.108 e. The molecule has 0 N–H and O–H groups in total. The van der Waals surface area contributed by atoms with Crippen molar-refractivity contribution < 1.29 is 0 Å². The number of aromatic nitrogens is 1. The lowest BCUT2D eigenvalue weighted by molar-refractivity contribution is 0.260. The zero-order chi connectivity index (χ0) is 9.26. The molecular weight excluding hydrogens is 295 g/mol. The van der Waals surface area contributed by atoms with Crippen LogP contribution in [0.4, 0.5) is 0 Å².